The van der Waals surface area contributed by atoms with E-state index in [4.69, 9.17) is 4.74 Å². The molecule has 2 aliphatic heterocycles. The zero-order chi connectivity index (χ0) is 24.4. The smallest absolute Gasteiger partial charge is 0.235 e. The van der Waals surface area contributed by atoms with Crippen LogP contribution >= 0.6 is 11.8 Å². The Hall–Kier alpha value is -2.79. The minimum atomic E-state index is -0.640. The fraction of sp³-hybridized carbons (Fsp3) is 0.400. The lowest BCUT2D eigenvalue weighted by Crippen LogP contribution is -2.43. The van der Waals surface area contributed by atoms with Gasteiger partial charge in [-0.2, -0.15) is 0 Å². The Bertz CT molecular complexity index is 1240. The number of rotatable bonds is 7. The normalized spacial score (nSPS) is 17.7. The Kier molecular flexibility index (Phi) is 7.14. The maximum Gasteiger partial charge on any atom is 0.235 e. The molecule has 0 unspecified atom stereocenters. The Morgan fingerprint density at radius 2 is 2.14 bits per heavy atom. The maximum absolute atomic E-state index is 14.5. The first-order chi connectivity index (χ1) is 17.0. The molecule has 3 N–H and O–H groups in total. The number of aliphatic hydroxyl groups is 1. The summed E-state index contributed by atoms with van der Waals surface area (Å²) in [6.45, 7) is 2.49. The van der Waals surface area contributed by atoms with Gasteiger partial charge in [0.1, 0.15) is 17.4 Å². The lowest BCUT2D eigenvalue weighted by Gasteiger charge is -2.33. The van der Waals surface area contributed by atoms with Crippen molar-refractivity contribution >= 4 is 34.4 Å². The molecule has 1 fully saturated rings. The lowest BCUT2D eigenvalue weighted by molar-refractivity contribution is -0.113. The molecule has 2 aliphatic rings. The number of halogens is 1. The monoisotopic (exact) mass is 497 g/mol. The number of amides is 1. The van der Waals surface area contributed by atoms with Gasteiger partial charge in [0.15, 0.2) is 0 Å². The minimum Gasteiger partial charge on any atom is -0.497 e. The van der Waals surface area contributed by atoms with E-state index < -0.39 is 6.10 Å². The van der Waals surface area contributed by atoms with Gasteiger partial charge in [-0.25, -0.2) is 9.37 Å². The number of nitrogens with one attached hydrogen (secondary N) is 2. The molecule has 8 nitrogen and oxygen atoms in total. The molecular weight excluding hydrogens is 469 g/mol. The molecule has 35 heavy (non-hydrogen) atoms. The number of fused-ring (bicyclic) bond motifs is 2. The van der Waals surface area contributed by atoms with Crippen molar-refractivity contribution < 1.29 is 19.0 Å². The van der Waals surface area contributed by atoms with Crippen LogP contribution in [0.4, 0.5) is 10.2 Å². The summed E-state index contributed by atoms with van der Waals surface area (Å²) in [6, 6.07) is 9.22. The highest BCUT2D eigenvalue weighted by Gasteiger charge is 2.24. The van der Waals surface area contributed by atoms with Gasteiger partial charge in [-0.3, -0.25) is 9.78 Å². The first-order valence-electron chi connectivity index (χ1n) is 11.7. The van der Waals surface area contributed by atoms with Crippen molar-refractivity contribution in [1.82, 2.24) is 20.2 Å². The Morgan fingerprint density at radius 1 is 1.31 bits per heavy atom. The first-order valence-corrected chi connectivity index (χ1v) is 12.7. The van der Waals surface area contributed by atoms with Gasteiger partial charge in [0.05, 0.1) is 35.1 Å². The molecule has 184 valence electrons. The first kappa shape index (κ1) is 23.9. The van der Waals surface area contributed by atoms with Crippen LogP contribution in [0.1, 0.15) is 30.2 Å². The van der Waals surface area contributed by atoms with Crippen LogP contribution < -0.4 is 15.4 Å². The van der Waals surface area contributed by atoms with Gasteiger partial charge in [-0.05, 0) is 61.8 Å². The molecule has 0 saturated carbocycles. The Balaban J connectivity index is 1.16. The third kappa shape index (κ3) is 5.40. The lowest BCUT2D eigenvalue weighted by atomic mass is 10.0. The van der Waals surface area contributed by atoms with Crippen molar-refractivity contribution in [2.24, 2.45) is 0 Å². The molecule has 10 heteroatoms. The minimum absolute atomic E-state index is 0.117. The third-order valence-electron chi connectivity index (χ3n) is 6.55. The molecule has 2 aromatic heterocycles. The van der Waals surface area contributed by atoms with Crippen molar-refractivity contribution in [2.45, 2.75) is 36.4 Å². The number of β-amino-alcohol motifs (C(OH)–C–C–N with tert-alkyl or cyclic N) is 1. The number of anilines is 1. The number of carbonyl (C=O) groups excluding carboxylic acids is 1. The maximum atomic E-state index is 14.5. The number of nitrogens with zero attached hydrogens (tertiary/aromatic N) is 3. The number of pyridine rings is 2. The van der Waals surface area contributed by atoms with Crippen LogP contribution in [0.25, 0.3) is 10.9 Å². The number of ether oxygens (including phenoxy) is 1. The zero-order valence-corrected chi connectivity index (χ0v) is 20.3. The summed E-state index contributed by atoms with van der Waals surface area (Å²) in [6.07, 6.45) is 2.86. The molecular formula is C25H28FN5O3S. The van der Waals surface area contributed by atoms with Crippen molar-refractivity contribution in [3.63, 3.8) is 0 Å². The Labute approximate surface area is 207 Å². The van der Waals surface area contributed by atoms with Gasteiger partial charge in [0.25, 0.3) is 0 Å². The van der Waals surface area contributed by atoms with Gasteiger partial charge in [-0.15, -0.1) is 11.8 Å². The van der Waals surface area contributed by atoms with E-state index in [1.54, 1.807) is 13.3 Å². The van der Waals surface area contributed by atoms with Crippen LogP contribution in [0, 0.1) is 5.82 Å². The molecule has 1 saturated heterocycles. The van der Waals surface area contributed by atoms with Gasteiger partial charge >= 0.3 is 0 Å². The van der Waals surface area contributed by atoms with E-state index in [0.717, 1.165) is 48.1 Å². The highest BCUT2D eigenvalue weighted by atomic mass is 32.2. The molecule has 5 rings (SSSR count). The summed E-state index contributed by atoms with van der Waals surface area (Å²) in [5.74, 6) is 0.979. The van der Waals surface area contributed by atoms with E-state index in [1.807, 2.05) is 24.3 Å². The van der Waals surface area contributed by atoms with Crippen LogP contribution in [-0.4, -0.2) is 64.4 Å². The zero-order valence-electron chi connectivity index (χ0n) is 19.5. The van der Waals surface area contributed by atoms with Crippen molar-refractivity contribution in [3.8, 4) is 5.75 Å². The second kappa shape index (κ2) is 10.4. The highest BCUT2D eigenvalue weighted by molar-refractivity contribution is 8.00. The number of piperidine rings is 1. The fourth-order valence-electron chi connectivity index (χ4n) is 4.61. The van der Waals surface area contributed by atoms with E-state index in [2.05, 4.69) is 25.5 Å². The summed E-state index contributed by atoms with van der Waals surface area (Å²) in [7, 11) is 1.62. The molecule has 1 aromatic carbocycles. The largest absolute Gasteiger partial charge is 0.497 e. The van der Waals surface area contributed by atoms with Gasteiger partial charge in [0.2, 0.25) is 5.91 Å². The fourth-order valence-corrected chi connectivity index (χ4v) is 5.39. The average Bonchev–Trinajstić information content (AvgIpc) is 2.87. The van der Waals surface area contributed by atoms with Crippen LogP contribution in [-0.2, 0) is 11.3 Å². The molecule has 0 radical (unpaired) electrons. The van der Waals surface area contributed by atoms with Crippen LogP contribution in [0.15, 0.2) is 41.4 Å². The summed E-state index contributed by atoms with van der Waals surface area (Å²) in [5.41, 5.74) is 1.98. The summed E-state index contributed by atoms with van der Waals surface area (Å²) < 4.78 is 19.8. The molecule has 1 amide bonds. The highest BCUT2D eigenvalue weighted by Crippen LogP contribution is 2.31. The predicted octanol–water partition coefficient (Wildman–Crippen LogP) is 3.11. The summed E-state index contributed by atoms with van der Waals surface area (Å²) >= 11 is 1.30. The molecule has 0 bridgehead atoms. The number of aliphatic hydroxyl groups excluding tert-OH is 1. The SMILES string of the molecule is COc1ccc2nccc([C@@H](O)CN3CCC(NCc4nc5c(cc4F)SCC(=O)N5)CC3)c2c1. The van der Waals surface area contributed by atoms with E-state index in [0.29, 0.717) is 29.5 Å². The van der Waals surface area contributed by atoms with E-state index in [1.165, 1.54) is 17.8 Å². The van der Waals surface area contributed by atoms with E-state index in [-0.39, 0.29) is 23.5 Å². The van der Waals surface area contributed by atoms with E-state index >= 15 is 0 Å². The van der Waals surface area contributed by atoms with Gasteiger partial charge < -0.3 is 25.4 Å². The second-order valence-corrected chi connectivity index (χ2v) is 9.87. The number of carbonyl (C=O) groups is 1. The number of hydrogen-bond donors (Lipinski definition) is 3. The number of hydrogen-bond acceptors (Lipinski definition) is 8. The molecule has 4 heterocycles. The van der Waals surface area contributed by atoms with Crippen LogP contribution in [0.2, 0.25) is 0 Å². The summed E-state index contributed by atoms with van der Waals surface area (Å²) in [5, 5.41) is 18.0. The number of thioether (sulfide) groups is 1. The molecule has 0 spiro atoms. The third-order valence-corrected chi connectivity index (χ3v) is 7.58. The predicted molar refractivity (Wildman–Crippen MR) is 133 cm³/mol. The molecule has 3 aromatic rings. The number of likely N-dealkylation sites (tertiary alicyclic amines) is 1. The molecule has 0 aliphatic carbocycles. The van der Waals surface area contributed by atoms with Gasteiger partial charge in [0, 0.05) is 30.7 Å². The number of aromatic nitrogens is 2. The van der Waals surface area contributed by atoms with Crippen molar-refractivity contribution in [3.05, 3.63) is 53.6 Å². The quantitative estimate of drug-likeness (QED) is 0.458. The summed E-state index contributed by atoms with van der Waals surface area (Å²) in [4.78, 5) is 23.2. The standard InChI is InChI=1S/C25H28FN5O3S/c1-34-16-2-3-20-18(10-16)17(4-7-27-20)22(32)13-31-8-5-15(6-9-31)28-12-21-19(26)11-23-25(29-21)30-24(33)14-35-23/h2-4,7,10-11,15,22,28,32H,5-6,8-9,12-14H2,1H3,(H,29,30,33)/t22-/m0/s1. The van der Waals surface area contributed by atoms with Gasteiger partial charge in [-0.1, -0.05) is 0 Å². The van der Waals surface area contributed by atoms with Crippen molar-refractivity contribution in [1.29, 1.82) is 0 Å². The number of methoxy groups -OCH3 is 1. The van der Waals surface area contributed by atoms with Crippen molar-refractivity contribution in [2.75, 3.05) is 37.8 Å². The molecule has 1 atom stereocenters. The topological polar surface area (TPSA) is 99.6 Å². The van der Waals surface area contributed by atoms with Crippen LogP contribution in [0.3, 0.4) is 0 Å². The van der Waals surface area contributed by atoms with E-state index in [9.17, 15) is 14.3 Å². The number of benzene rings is 1. The second-order valence-electron chi connectivity index (χ2n) is 8.86. The Morgan fingerprint density at radius 3 is 2.94 bits per heavy atom. The average molecular weight is 498 g/mol. The van der Waals surface area contributed by atoms with Crippen LogP contribution in [0.5, 0.6) is 5.75 Å².